The van der Waals surface area contributed by atoms with Crippen molar-refractivity contribution < 1.29 is 0 Å². The molecule has 0 bridgehead atoms. The zero-order valence-electron chi connectivity index (χ0n) is 9.53. The van der Waals surface area contributed by atoms with E-state index in [1.165, 1.54) is 35.8 Å². The van der Waals surface area contributed by atoms with Gasteiger partial charge in [-0.1, -0.05) is 13.0 Å². The van der Waals surface area contributed by atoms with Crippen LogP contribution in [0.5, 0.6) is 0 Å². The quantitative estimate of drug-likeness (QED) is 0.766. The molecule has 0 unspecified atom stereocenters. The van der Waals surface area contributed by atoms with Crippen LogP contribution in [0, 0.1) is 5.92 Å². The molecule has 1 aliphatic carbocycles. The first-order valence-corrected chi connectivity index (χ1v) is 5.98. The minimum Gasteiger partial charge on any atom is -0.346 e. The second-order valence-corrected chi connectivity index (χ2v) is 4.66. The summed E-state index contributed by atoms with van der Waals surface area (Å²) < 4.78 is 0. The molecular weight excluding hydrogens is 196 g/mol. The van der Waals surface area contributed by atoms with Crippen LogP contribution in [0.2, 0.25) is 0 Å². The van der Waals surface area contributed by atoms with Crippen molar-refractivity contribution in [3.63, 3.8) is 0 Å². The van der Waals surface area contributed by atoms with Crippen LogP contribution >= 0.6 is 0 Å². The van der Waals surface area contributed by atoms with Crippen LogP contribution in [0.1, 0.15) is 31.7 Å². The van der Waals surface area contributed by atoms with Crippen LogP contribution in [0.15, 0.2) is 30.6 Å². The van der Waals surface area contributed by atoms with Crippen molar-refractivity contribution in [2.75, 3.05) is 0 Å². The van der Waals surface area contributed by atoms with Crippen LogP contribution in [0.3, 0.4) is 0 Å². The number of aromatic nitrogens is 2. The largest absolute Gasteiger partial charge is 0.346 e. The van der Waals surface area contributed by atoms with Crippen LogP contribution in [0.25, 0.3) is 16.6 Å². The van der Waals surface area contributed by atoms with Crippen LogP contribution in [0.4, 0.5) is 0 Å². The van der Waals surface area contributed by atoms with Gasteiger partial charge in [-0.3, -0.25) is 0 Å². The Bertz CT molecular complexity index is 536. The van der Waals surface area contributed by atoms with Gasteiger partial charge in [0.25, 0.3) is 0 Å². The summed E-state index contributed by atoms with van der Waals surface area (Å²) in [6, 6.07) is 4.15. The molecule has 0 aliphatic heterocycles. The molecule has 2 heteroatoms. The maximum atomic E-state index is 4.33. The Morgan fingerprint density at radius 2 is 2.38 bits per heavy atom. The summed E-state index contributed by atoms with van der Waals surface area (Å²) in [5, 5.41) is 1.25. The van der Waals surface area contributed by atoms with Crippen molar-refractivity contribution in [2.24, 2.45) is 5.92 Å². The van der Waals surface area contributed by atoms with E-state index in [0.29, 0.717) is 5.92 Å². The third-order valence-corrected chi connectivity index (χ3v) is 3.39. The van der Waals surface area contributed by atoms with Crippen molar-refractivity contribution in [3.8, 4) is 0 Å². The third kappa shape index (κ3) is 1.54. The Balaban J connectivity index is 2.12. The van der Waals surface area contributed by atoms with Gasteiger partial charge < -0.3 is 4.98 Å². The lowest BCUT2D eigenvalue weighted by Crippen LogP contribution is -1.99. The Morgan fingerprint density at radius 3 is 3.25 bits per heavy atom. The Kier molecular flexibility index (Phi) is 2.28. The van der Waals surface area contributed by atoms with E-state index in [-0.39, 0.29) is 0 Å². The van der Waals surface area contributed by atoms with Gasteiger partial charge in [0.05, 0.1) is 0 Å². The Labute approximate surface area is 95.4 Å². The van der Waals surface area contributed by atoms with Gasteiger partial charge in [0.1, 0.15) is 5.65 Å². The average molecular weight is 212 g/mol. The lowest BCUT2D eigenvalue weighted by Gasteiger charge is -2.17. The topological polar surface area (TPSA) is 28.7 Å². The fraction of sp³-hybridized carbons (Fsp3) is 0.357. The maximum Gasteiger partial charge on any atom is 0.137 e. The minimum absolute atomic E-state index is 0.713. The SMILES string of the molecule is C[C@H]1C=C(c2c[nH]c3ncccc23)CCC1. The predicted octanol–water partition coefficient (Wildman–Crippen LogP) is 3.77. The molecule has 0 saturated heterocycles. The van der Waals surface area contributed by atoms with E-state index in [0.717, 1.165) is 5.65 Å². The molecule has 2 heterocycles. The fourth-order valence-electron chi connectivity index (χ4n) is 2.57. The summed E-state index contributed by atoms with van der Waals surface area (Å²) in [7, 11) is 0. The molecule has 2 aromatic rings. The molecule has 16 heavy (non-hydrogen) atoms. The molecule has 0 aromatic carbocycles. The Morgan fingerprint density at radius 1 is 1.44 bits per heavy atom. The van der Waals surface area contributed by atoms with Gasteiger partial charge in [-0.2, -0.15) is 0 Å². The molecule has 0 amide bonds. The number of hydrogen-bond acceptors (Lipinski definition) is 1. The van der Waals surface area contributed by atoms with Gasteiger partial charge >= 0.3 is 0 Å². The maximum absolute atomic E-state index is 4.33. The van der Waals surface area contributed by atoms with Gasteiger partial charge in [0, 0.05) is 23.3 Å². The van der Waals surface area contributed by atoms with E-state index < -0.39 is 0 Å². The van der Waals surface area contributed by atoms with Crippen LogP contribution in [-0.4, -0.2) is 9.97 Å². The summed E-state index contributed by atoms with van der Waals surface area (Å²) in [5.41, 5.74) is 3.82. The van der Waals surface area contributed by atoms with Gasteiger partial charge in [-0.25, -0.2) is 4.98 Å². The number of allylic oxidation sites excluding steroid dienone is 2. The molecule has 0 fully saturated rings. The molecule has 0 spiro atoms. The number of nitrogens with one attached hydrogen (secondary N) is 1. The van der Waals surface area contributed by atoms with E-state index >= 15 is 0 Å². The third-order valence-electron chi connectivity index (χ3n) is 3.39. The summed E-state index contributed by atoms with van der Waals surface area (Å²) in [6.45, 7) is 2.30. The molecule has 1 atom stereocenters. The van der Waals surface area contributed by atoms with Gasteiger partial charge in [-0.15, -0.1) is 0 Å². The highest BCUT2D eigenvalue weighted by molar-refractivity contribution is 5.90. The first kappa shape index (κ1) is 9.64. The molecule has 2 nitrogen and oxygen atoms in total. The summed E-state index contributed by atoms with van der Waals surface area (Å²) >= 11 is 0. The van der Waals surface area contributed by atoms with Crippen molar-refractivity contribution >= 4 is 16.6 Å². The molecule has 1 aliphatic rings. The van der Waals surface area contributed by atoms with E-state index in [2.05, 4.69) is 35.2 Å². The fourth-order valence-corrected chi connectivity index (χ4v) is 2.57. The minimum atomic E-state index is 0.713. The highest BCUT2D eigenvalue weighted by Crippen LogP contribution is 2.33. The highest BCUT2D eigenvalue weighted by Gasteiger charge is 2.14. The van der Waals surface area contributed by atoms with Crippen molar-refractivity contribution in [1.82, 2.24) is 9.97 Å². The predicted molar refractivity (Wildman–Crippen MR) is 67.1 cm³/mol. The van der Waals surface area contributed by atoms with Crippen molar-refractivity contribution in [1.29, 1.82) is 0 Å². The lowest BCUT2D eigenvalue weighted by molar-refractivity contribution is 0.593. The Hall–Kier alpha value is -1.57. The molecule has 3 rings (SSSR count). The zero-order chi connectivity index (χ0) is 11.0. The van der Waals surface area contributed by atoms with Crippen LogP contribution in [-0.2, 0) is 0 Å². The number of fused-ring (bicyclic) bond motifs is 1. The van der Waals surface area contributed by atoms with Crippen molar-refractivity contribution in [3.05, 3.63) is 36.2 Å². The van der Waals surface area contributed by atoms with Gasteiger partial charge in [0.2, 0.25) is 0 Å². The molecule has 0 saturated carbocycles. The average Bonchev–Trinajstić information content (AvgIpc) is 2.72. The van der Waals surface area contributed by atoms with E-state index in [1.807, 2.05) is 12.3 Å². The summed E-state index contributed by atoms with van der Waals surface area (Å²) in [4.78, 5) is 7.58. The first-order valence-electron chi connectivity index (χ1n) is 5.98. The number of nitrogens with zero attached hydrogens (tertiary/aromatic N) is 1. The van der Waals surface area contributed by atoms with E-state index in [4.69, 9.17) is 0 Å². The number of hydrogen-bond donors (Lipinski definition) is 1. The lowest BCUT2D eigenvalue weighted by atomic mass is 9.88. The standard InChI is InChI=1S/C14H16N2/c1-10-4-2-5-11(8-10)13-9-16-14-12(13)6-3-7-15-14/h3,6-10H,2,4-5H2,1H3,(H,15,16)/t10-/m1/s1. The monoisotopic (exact) mass is 212 g/mol. The van der Waals surface area contributed by atoms with Crippen LogP contribution < -0.4 is 0 Å². The van der Waals surface area contributed by atoms with Gasteiger partial charge in [-0.05, 0) is 42.9 Å². The first-order chi connectivity index (χ1) is 7.84. The molecular formula is C14H16N2. The number of aromatic amines is 1. The zero-order valence-corrected chi connectivity index (χ0v) is 9.53. The molecule has 2 aromatic heterocycles. The number of rotatable bonds is 1. The highest BCUT2D eigenvalue weighted by atomic mass is 14.8. The molecule has 0 radical (unpaired) electrons. The second-order valence-electron chi connectivity index (χ2n) is 4.66. The molecule has 82 valence electrons. The van der Waals surface area contributed by atoms with E-state index in [1.54, 1.807) is 0 Å². The second kappa shape index (κ2) is 3.78. The van der Waals surface area contributed by atoms with Crippen molar-refractivity contribution in [2.45, 2.75) is 26.2 Å². The summed E-state index contributed by atoms with van der Waals surface area (Å²) in [6.07, 6.45) is 10.2. The smallest absolute Gasteiger partial charge is 0.137 e. The number of H-pyrrole nitrogens is 1. The van der Waals surface area contributed by atoms with Gasteiger partial charge in [0.15, 0.2) is 0 Å². The normalized spacial score (nSPS) is 21.1. The molecule has 1 N–H and O–H groups in total. The summed E-state index contributed by atoms with van der Waals surface area (Å²) in [5.74, 6) is 0.713. The van der Waals surface area contributed by atoms with E-state index in [9.17, 15) is 0 Å². The number of pyridine rings is 1.